The van der Waals surface area contributed by atoms with E-state index in [9.17, 15) is 9.59 Å². The first-order valence-corrected chi connectivity index (χ1v) is 26.5. The number of carbonyl (C=O) groups is 2. The van der Waals surface area contributed by atoms with Crippen LogP contribution >= 0.6 is 0 Å². The summed E-state index contributed by atoms with van der Waals surface area (Å²) in [6, 6.07) is 0. The molecule has 0 aliphatic carbocycles. The van der Waals surface area contributed by atoms with E-state index in [2.05, 4.69) is 358 Å². The number of ketones is 1. The molecule has 418 valence electrons. The Morgan fingerprint density at radius 1 is 0.289 bits per heavy atom. The maximum Gasteiger partial charge on any atom is 0.220 e. The maximum atomic E-state index is 11.6. The first-order valence-electron chi connectivity index (χ1n) is 26.5. The van der Waals surface area contributed by atoms with Crippen LogP contribution in [0.25, 0.3) is 0 Å². The normalized spacial score (nSPS) is 8.24. The molecule has 0 aliphatic rings. The summed E-state index contributed by atoms with van der Waals surface area (Å²) in [4.78, 5) is 23.1. The lowest BCUT2D eigenvalue weighted by molar-refractivity contribution is -0.126. The molecule has 0 aromatic carbocycles. The summed E-state index contributed by atoms with van der Waals surface area (Å²) in [6.07, 6.45) is 4.80. The smallest absolute Gasteiger partial charge is 0.220 e. The number of amides is 1. The molecule has 4 nitrogen and oxygen atoms in total. The van der Waals surface area contributed by atoms with Gasteiger partial charge in [-0.2, -0.15) is 0 Å². The second kappa shape index (κ2) is 50.1. The highest BCUT2D eigenvalue weighted by Crippen LogP contribution is 2.32. The Bertz CT molecular complexity index is 3390. The third-order valence-electron chi connectivity index (χ3n) is 7.92. The van der Waals surface area contributed by atoms with Gasteiger partial charge in [-0.05, 0) is 160 Å². The molecule has 83 heavy (non-hydrogen) atoms. The van der Waals surface area contributed by atoms with Gasteiger partial charge in [-0.3, -0.25) is 9.59 Å². The van der Waals surface area contributed by atoms with E-state index >= 15 is 0 Å². The van der Waals surface area contributed by atoms with Crippen molar-refractivity contribution in [2.24, 2.45) is 32.5 Å². The molecule has 0 unspecified atom stereocenters. The van der Waals surface area contributed by atoms with Crippen molar-refractivity contribution in [3.05, 3.63) is 0 Å². The maximum absolute atomic E-state index is 11.6. The number of hydrogen-bond acceptors (Lipinski definition) is 3. The average Bonchev–Trinajstić information content (AvgIpc) is 3.36. The lowest BCUT2D eigenvalue weighted by Gasteiger charge is -2.28. The molecular formula is C79H79NO3. The number of hydrogen-bond donors (Lipinski definition) is 1. The monoisotopic (exact) mass is 1090 g/mol. The van der Waals surface area contributed by atoms with Crippen LogP contribution in [-0.2, 0) is 14.3 Å². The van der Waals surface area contributed by atoms with Crippen LogP contribution in [0.5, 0.6) is 0 Å². The van der Waals surface area contributed by atoms with Gasteiger partial charge in [0.2, 0.25) is 5.91 Å². The Balaban J connectivity index is -0.000000642. The molecule has 0 aromatic rings. The van der Waals surface area contributed by atoms with E-state index in [0.717, 1.165) is 26.1 Å². The fourth-order valence-electron chi connectivity index (χ4n) is 5.15. The highest BCUT2D eigenvalue weighted by Gasteiger charge is 2.20. The van der Waals surface area contributed by atoms with Gasteiger partial charge in [0.25, 0.3) is 0 Å². The Morgan fingerprint density at radius 3 is 0.663 bits per heavy atom. The van der Waals surface area contributed by atoms with E-state index in [1.807, 2.05) is 20.8 Å². The van der Waals surface area contributed by atoms with Crippen LogP contribution in [0.15, 0.2) is 0 Å². The lowest BCUT2D eigenvalue weighted by atomic mass is 9.78. The molecule has 0 aliphatic heterocycles. The van der Waals surface area contributed by atoms with Crippen molar-refractivity contribution in [1.82, 2.24) is 5.32 Å². The molecule has 0 atom stereocenters. The zero-order chi connectivity index (χ0) is 63.6. The second-order valence-electron chi connectivity index (χ2n) is 24.1. The van der Waals surface area contributed by atoms with Crippen LogP contribution in [0, 0.1) is 281 Å². The Morgan fingerprint density at radius 2 is 0.506 bits per heavy atom. The van der Waals surface area contributed by atoms with E-state index in [1.165, 1.54) is 6.42 Å². The van der Waals surface area contributed by atoms with E-state index in [-0.39, 0.29) is 22.5 Å². The first kappa shape index (κ1) is 79.3. The van der Waals surface area contributed by atoms with Crippen LogP contribution in [0.2, 0.25) is 0 Å². The Labute approximate surface area is 506 Å². The van der Waals surface area contributed by atoms with Crippen molar-refractivity contribution in [2.45, 2.75) is 177 Å². The Kier molecular flexibility index (Phi) is 47.9. The summed E-state index contributed by atoms with van der Waals surface area (Å²) in [5.74, 6) is 106. The molecule has 0 saturated heterocycles. The van der Waals surface area contributed by atoms with Crippen molar-refractivity contribution < 1.29 is 14.3 Å². The van der Waals surface area contributed by atoms with E-state index < -0.39 is 0 Å². The number of Topliss-reactive ketones (excluding diaryl/α,β-unsaturated/α-hetero) is 1. The highest BCUT2D eigenvalue weighted by atomic mass is 16.5. The van der Waals surface area contributed by atoms with Crippen LogP contribution in [0.4, 0.5) is 0 Å². The van der Waals surface area contributed by atoms with Crippen molar-refractivity contribution in [3.8, 4) is 249 Å². The SMILES string of the molecule is CC#CC#CC#CC#CC#CC#CC#CC#CC#CC#CC#CC#CC#CC#CC#CC#CC#CC#CC#CC#CC#CC.CC(C)(C)CC(C)(C)C.CC(C)(C)CCOCCC(C)(C)C.CC(C)(C)CNC(=O)CCC(=O)CC(C)(C)C. The molecule has 1 amide bonds. The fraction of sp³-hybridized carbons (Fsp3) is 0.443. The second-order valence-corrected chi connectivity index (χ2v) is 24.1. The molecule has 0 radical (unpaired) electrons. The molecule has 1 N–H and O–H groups in total. The summed E-state index contributed by atoms with van der Waals surface area (Å²) in [6.45, 7) is 45.4. The van der Waals surface area contributed by atoms with Gasteiger partial charge in [0.1, 0.15) is 5.78 Å². The molecule has 4 heteroatoms. The number of carbonyl (C=O) groups excluding carboxylic acids is 2. The van der Waals surface area contributed by atoms with Gasteiger partial charge in [0.05, 0.1) is 0 Å². The van der Waals surface area contributed by atoms with Gasteiger partial charge >= 0.3 is 0 Å². The highest BCUT2D eigenvalue weighted by molar-refractivity contribution is 5.85. The lowest BCUT2D eigenvalue weighted by Crippen LogP contribution is -2.32. The molecule has 0 bridgehead atoms. The molecule has 0 heterocycles. The van der Waals surface area contributed by atoms with Gasteiger partial charge < -0.3 is 10.1 Å². The first-order chi connectivity index (χ1) is 38.8. The van der Waals surface area contributed by atoms with Crippen LogP contribution < -0.4 is 5.32 Å². The third kappa shape index (κ3) is 88.8. The van der Waals surface area contributed by atoms with Gasteiger partial charge in [0, 0.05) is 181 Å². The summed E-state index contributed by atoms with van der Waals surface area (Å²) in [5, 5.41) is 2.85. The van der Waals surface area contributed by atoms with Crippen molar-refractivity contribution in [3.63, 3.8) is 0 Å². The predicted molar refractivity (Wildman–Crippen MR) is 348 cm³/mol. The van der Waals surface area contributed by atoms with Crippen LogP contribution in [-0.4, -0.2) is 31.4 Å². The fourth-order valence-corrected chi connectivity index (χ4v) is 5.15. The van der Waals surface area contributed by atoms with E-state index in [0.29, 0.717) is 47.5 Å². The van der Waals surface area contributed by atoms with Gasteiger partial charge in [-0.25, -0.2) is 0 Å². The average molecular weight is 1090 g/mol. The van der Waals surface area contributed by atoms with Gasteiger partial charge in [-0.1, -0.05) is 136 Å². The summed E-state index contributed by atoms with van der Waals surface area (Å²) in [7, 11) is 0. The number of ether oxygens (including phenoxy) is 1. The van der Waals surface area contributed by atoms with Crippen LogP contribution in [0.1, 0.15) is 177 Å². The van der Waals surface area contributed by atoms with Crippen molar-refractivity contribution in [1.29, 1.82) is 0 Å². The summed E-state index contributed by atoms with van der Waals surface area (Å²) in [5.41, 5.74) is 1.88. The molecule has 0 aromatic heterocycles. The molecule has 0 saturated carbocycles. The molecular weight excluding hydrogens is 1010 g/mol. The zero-order valence-electron chi connectivity index (χ0n) is 53.1. The number of nitrogens with one attached hydrogen (secondary N) is 1. The van der Waals surface area contributed by atoms with Gasteiger partial charge in [0.15, 0.2) is 0 Å². The van der Waals surface area contributed by atoms with E-state index in [1.54, 1.807) is 13.8 Å². The number of rotatable bonds is 9. The van der Waals surface area contributed by atoms with Crippen molar-refractivity contribution >= 4 is 11.7 Å². The minimum atomic E-state index is -0.0258. The van der Waals surface area contributed by atoms with Crippen molar-refractivity contribution in [2.75, 3.05) is 19.8 Å². The largest absolute Gasteiger partial charge is 0.381 e. The quantitative estimate of drug-likeness (QED) is 0.185. The topological polar surface area (TPSA) is 55.4 Å². The Hall–Kier alpha value is -10.1. The van der Waals surface area contributed by atoms with Gasteiger partial charge in [-0.15, -0.1) is 0 Å². The standard InChI is InChI=1S/C44H6.C14H27NO2.C12H26O.C9H20/c1-3-5-7-9-11-13-15-17-19-21-23-25-27-29-31-33-35-37-39-41-43-44-42-40-38-36-34-32-30-28-26-24-22-20-18-16-14-12-10-8-6-4-2;1-13(2,3)9-11(16)7-8-12(17)15-10-14(4,5)6;1-11(2,3)7-9-13-10-8-12(4,5)6;1-8(2,3)7-9(4,5)6/h1-2H3;7-10H2,1-6H3,(H,15,17);7-10H2,1-6H3;7H2,1-6H3. The predicted octanol–water partition coefficient (Wildman–Crippen LogP) is 11.4. The minimum Gasteiger partial charge on any atom is -0.381 e. The summed E-state index contributed by atoms with van der Waals surface area (Å²) < 4.78 is 5.59. The third-order valence-corrected chi connectivity index (χ3v) is 7.92. The summed E-state index contributed by atoms with van der Waals surface area (Å²) >= 11 is 0. The molecule has 0 fully saturated rings. The molecule has 0 spiro atoms. The van der Waals surface area contributed by atoms with Crippen LogP contribution in [0.3, 0.4) is 0 Å². The zero-order valence-corrected chi connectivity index (χ0v) is 53.1. The molecule has 0 rings (SSSR count). The minimum absolute atomic E-state index is 0.0129. The van der Waals surface area contributed by atoms with E-state index in [4.69, 9.17) is 4.74 Å².